The molecule has 1 fully saturated rings. The maximum absolute atomic E-state index is 12.2. The van der Waals surface area contributed by atoms with Crippen LogP contribution in [-0.4, -0.2) is 53.2 Å². The second-order valence-corrected chi connectivity index (χ2v) is 5.75. The van der Waals surface area contributed by atoms with Crippen LogP contribution in [0.3, 0.4) is 0 Å². The van der Waals surface area contributed by atoms with Gasteiger partial charge in [0.05, 0.1) is 0 Å². The molecule has 0 radical (unpaired) electrons. The lowest BCUT2D eigenvalue weighted by Gasteiger charge is -2.35. The first-order valence-corrected chi connectivity index (χ1v) is 7.69. The van der Waals surface area contributed by atoms with E-state index in [1.807, 2.05) is 0 Å². The molecule has 21 heavy (non-hydrogen) atoms. The first-order valence-electron chi connectivity index (χ1n) is 7.69. The number of anilines is 1. The summed E-state index contributed by atoms with van der Waals surface area (Å²) in [6.45, 7) is 6.14. The smallest absolute Gasteiger partial charge is 0.272 e. The fourth-order valence-corrected chi connectivity index (χ4v) is 2.48. The molecule has 0 saturated carbocycles. The van der Waals surface area contributed by atoms with Crippen molar-refractivity contribution in [3.8, 4) is 0 Å². The molecule has 2 heterocycles. The van der Waals surface area contributed by atoms with Crippen LogP contribution < -0.4 is 10.6 Å². The van der Waals surface area contributed by atoms with Gasteiger partial charge in [0.15, 0.2) is 5.69 Å². The summed E-state index contributed by atoms with van der Waals surface area (Å²) in [6.07, 6.45) is 2.99. The van der Waals surface area contributed by atoms with Gasteiger partial charge in [-0.25, -0.2) is 0 Å². The Morgan fingerprint density at radius 1 is 1.43 bits per heavy atom. The van der Waals surface area contributed by atoms with E-state index >= 15 is 0 Å². The van der Waals surface area contributed by atoms with Crippen LogP contribution in [0.5, 0.6) is 0 Å². The van der Waals surface area contributed by atoms with E-state index in [0.29, 0.717) is 17.6 Å². The second kappa shape index (κ2) is 7.36. The molecule has 2 N–H and O–H groups in total. The van der Waals surface area contributed by atoms with E-state index in [2.05, 4.69) is 46.6 Å². The SMILES string of the molecule is CCCNc1ccc(C(=O)NC2CCN(C)C(C)C2)nn1. The number of carbonyl (C=O) groups is 1. The van der Waals surface area contributed by atoms with Crippen molar-refractivity contribution < 1.29 is 4.79 Å². The third-order valence-corrected chi connectivity index (χ3v) is 4.00. The second-order valence-electron chi connectivity index (χ2n) is 5.75. The minimum atomic E-state index is -0.133. The average Bonchev–Trinajstić information content (AvgIpc) is 2.49. The topological polar surface area (TPSA) is 70.2 Å². The summed E-state index contributed by atoms with van der Waals surface area (Å²) in [5, 5.41) is 14.2. The predicted octanol–water partition coefficient (Wildman–Crippen LogP) is 1.51. The zero-order chi connectivity index (χ0) is 15.2. The quantitative estimate of drug-likeness (QED) is 0.860. The first-order chi connectivity index (χ1) is 10.1. The Morgan fingerprint density at radius 3 is 2.86 bits per heavy atom. The van der Waals surface area contributed by atoms with Gasteiger partial charge >= 0.3 is 0 Å². The van der Waals surface area contributed by atoms with E-state index in [-0.39, 0.29) is 11.9 Å². The van der Waals surface area contributed by atoms with Gasteiger partial charge in [-0.2, -0.15) is 0 Å². The van der Waals surface area contributed by atoms with Gasteiger partial charge < -0.3 is 15.5 Å². The zero-order valence-electron chi connectivity index (χ0n) is 13.1. The Hall–Kier alpha value is -1.69. The molecular formula is C15H25N5O. The fourth-order valence-electron chi connectivity index (χ4n) is 2.48. The zero-order valence-corrected chi connectivity index (χ0v) is 13.1. The summed E-state index contributed by atoms with van der Waals surface area (Å²) in [5.74, 6) is 0.576. The number of rotatable bonds is 5. The van der Waals surface area contributed by atoms with Gasteiger partial charge in [0.2, 0.25) is 0 Å². The molecule has 1 amide bonds. The minimum Gasteiger partial charge on any atom is -0.369 e. The molecule has 1 saturated heterocycles. The lowest BCUT2D eigenvalue weighted by Crippen LogP contribution is -2.47. The van der Waals surface area contributed by atoms with E-state index in [0.717, 1.165) is 32.4 Å². The van der Waals surface area contributed by atoms with Crippen LogP contribution in [0.4, 0.5) is 5.82 Å². The summed E-state index contributed by atoms with van der Waals surface area (Å²) >= 11 is 0. The summed E-state index contributed by atoms with van der Waals surface area (Å²) in [5.41, 5.74) is 0.378. The van der Waals surface area contributed by atoms with Crippen molar-refractivity contribution in [2.45, 2.75) is 45.2 Å². The van der Waals surface area contributed by atoms with Crippen LogP contribution in [0.2, 0.25) is 0 Å². The molecule has 2 rings (SSSR count). The molecule has 0 spiro atoms. The number of piperidine rings is 1. The first kappa shape index (κ1) is 15.7. The maximum atomic E-state index is 12.2. The summed E-state index contributed by atoms with van der Waals surface area (Å²) < 4.78 is 0. The van der Waals surface area contributed by atoms with Gasteiger partial charge in [-0.1, -0.05) is 6.92 Å². The highest BCUT2D eigenvalue weighted by molar-refractivity contribution is 5.92. The van der Waals surface area contributed by atoms with Gasteiger partial charge in [0, 0.05) is 25.2 Å². The highest BCUT2D eigenvalue weighted by Gasteiger charge is 2.24. The van der Waals surface area contributed by atoms with E-state index in [9.17, 15) is 4.79 Å². The van der Waals surface area contributed by atoms with Crippen molar-refractivity contribution in [1.29, 1.82) is 0 Å². The third kappa shape index (κ3) is 4.39. The Bertz CT molecular complexity index is 462. The summed E-state index contributed by atoms with van der Waals surface area (Å²) in [7, 11) is 2.12. The van der Waals surface area contributed by atoms with Crippen LogP contribution in [0, 0.1) is 0 Å². The van der Waals surface area contributed by atoms with E-state index in [1.165, 1.54) is 0 Å². The Labute approximate surface area is 126 Å². The van der Waals surface area contributed by atoms with Gasteiger partial charge in [0.1, 0.15) is 5.82 Å². The average molecular weight is 291 g/mol. The van der Waals surface area contributed by atoms with Crippen LogP contribution >= 0.6 is 0 Å². The third-order valence-electron chi connectivity index (χ3n) is 4.00. The van der Waals surface area contributed by atoms with Gasteiger partial charge in [-0.3, -0.25) is 4.79 Å². The molecule has 0 aromatic carbocycles. The lowest BCUT2D eigenvalue weighted by molar-refractivity contribution is 0.0890. The molecule has 1 aliphatic rings. The number of nitrogens with one attached hydrogen (secondary N) is 2. The number of hydrogen-bond acceptors (Lipinski definition) is 5. The van der Waals surface area contributed by atoms with Gasteiger partial charge in [0.25, 0.3) is 5.91 Å². The molecule has 2 unspecified atom stereocenters. The van der Waals surface area contributed by atoms with Crippen LogP contribution in [0.15, 0.2) is 12.1 Å². The molecule has 2 atom stereocenters. The predicted molar refractivity (Wildman–Crippen MR) is 83.4 cm³/mol. The van der Waals surface area contributed by atoms with E-state index in [4.69, 9.17) is 0 Å². The van der Waals surface area contributed by atoms with E-state index in [1.54, 1.807) is 12.1 Å². The monoisotopic (exact) mass is 291 g/mol. The van der Waals surface area contributed by atoms with Crippen molar-refractivity contribution in [2.24, 2.45) is 0 Å². The van der Waals surface area contributed by atoms with Crippen LogP contribution in [0.1, 0.15) is 43.6 Å². The summed E-state index contributed by atoms with van der Waals surface area (Å²) in [4.78, 5) is 14.5. The van der Waals surface area contributed by atoms with E-state index < -0.39 is 0 Å². The largest absolute Gasteiger partial charge is 0.369 e. The highest BCUT2D eigenvalue weighted by atomic mass is 16.2. The maximum Gasteiger partial charge on any atom is 0.272 e. The molecule has 0 aliphatic carbocycles. The molecular weight excluding hydrogens is 266 g/mol. The Kier molecular flexibility index (Phi) is 5.50. The lowest BCUT2D eigenvalue weighted by atomic mass is 9.99. The van der Waals surface area contributed by atoms with Crippen molar-refractivity contribution >= 4 is 11.7 Å². The van der Waals surface area contributed by atoms with Crippen molar-refractivity contribution in [2.75, 3.05) is 25.5 Å². The normalized spacial score (nSPS) is 22.8. The number of aromatic nitrogens is 2. The number of carbonyl (C=O) groups excluding carboxylic acids is 1. The highest BCUT2D eigenvalue weighted by Crippen LogP contribution is 2.15. The van der Waals surface area contributed by atoms with Crippen molar-refractivity contribution in [1.82, 2.24) is 20.4 Å². The minimum absolute atomic E-state index is 0.133. The van der Waals surface area contributed by atoms with Gasteiger partial charge in [-0.15, -0.1) is 10.2 Å². The molecule has 6 nitrogen and oxygen atoms in total. The molecule has 0 bridgehead atoms. The fraction of sp³-hybridized carbons (Fsp3) is 0.667. The van der Waals surface area contributed by atoms with Gasteiger partial charge in [-0.05, 0) is 45.4 Å². The Balaban J connectivity index is 1.88. The number of likely N-dealkylation sites (tertiary alicyclic amines) is 1. The number of hydrogen-bond donors (Lipinski definition) is 2. The number of nitrogens with zero attached hydrogens (tertiary/aromatic N) is 3. The molecule has 1 aliphatic heterocycles. The summed E-state index contributed by atoms with van der Waals surface area (Å²) in [6, 6.07) is 4.24. The van der Waals surface area contributed by atoms with Crippen LogP contribution in [0.25, 0.3) is 0 Å². The van der Waals surface area contributed by atoms with Crippen molar-refractivity contribution in [3.63, 3.8) is 0 Å². The standard InChI is InChI=1S/C15H25N5O/c1-4-8-16-14-6-5-13(18-19-14)15(21)17-12-7-9-20(3)11(2)10-12/h5-6,11-12H,4,7-10H2,1-3H3,(H,16,19)(H,17,21). The molecule has 6 heteroatoms. The number of amides is 1. The molecule has 1 aromatic heterocycles. The molecule has 116 valence electrons. The Morgan fingerprint density at radius 2 is 2.24 bits per heavy atom. The van der Waals surface area contributed by atoms with Crippen LogP contribution in [-0.2, 0) is 0 Å². The molecule has 1 aromatic rings. The van der Waals surface area contributed by atoms with Crippen molar-refractivity contribution in [3.05, 3.63) is 17.8 Å².